The standard InChI is InChI=1S/C5H8S3.2C3H4O2/c6-3-1-5-2-4-7-8-5;2*1-2-3(4)5/h2,4-6H,1,3H2;2*2H,1H2,(H,4,5). The van der Waals surface area contributed by atoms with Crippen molar-refractivity contribution in [1.29, 1.82) is 0 Å². The van der Waals surface area contributed by atoms with Gasteiger partial charge in [-0.3, -0.25) is 0 Å². The molecule has 1 heterocycles. The second kappa shape index (κ2) is 14.3. The molecule has 0 saturated carbocycles. The molecule has 1 aliphatic rings. The van der Waals surface area contributed by atoms with Gasteiger partial charge in [0.2, 0.25) is 0 Å². The van der Waals surface area contributed by atoms with E-state index < -0.39 is 11.9 Å². The van der Waals surface area contributed by atoms with Gasteiger partial charge in [0.05, 0.1) is 0 Å². The van der Waals surface area contributed by atoms with Gasteiger partial charge < -0.3 is 10.2 Å². The Morgan fingerprint density at radius 2 is 1.72 bits per heavy atom. The maximum atomic E-state index is 9.25. The molecule has 0 aromatic carbocycles. The number of hydrogen-bond acceptors (Lipinski definition) is 5. The van der Waals surface area contributed by atoms with Gasteiger partial charge >= 0.3 is 11.9 Å². The fourth-order valence-electron chi connectivity index (χ4n) is 0.527. The summed E-state index contributed by atoms with van der Waals surface area (Å²) in [6.45, 7) is 5.92. The maximum Gasteiger partial charge on any atom is 0.327 e. The normalized spacial score (nSPS) is 15.5. The third-order valence-electron chi connectivity index (χ3n) is 1.29. The number of carboxylic acid groups (broad SMARTS) is 2. The zero-order valence-corrected chi connectivity index (χ0v) is 12.2. The minimum absolute atomic E-state index is 0.734. The van der Waals surface area contributed by atoms with Crippen LogP contribution in [0.15, 0.2) is 36.8 Å². The minimum Gasteiger partial charge on any atom is -0.478 e. The number of rotatable bonds is 4. The van der Waals surface area contributed by atoms with Crippen LogP contribution in [0.25, 0.3) is 0 Å². The van der Waals surface area contributed by atoms with Crippen LogP contribution in [0.3, 0.4) is 0 Å². The number of carboxylic acids is 2. The molecule has 0 bridgehead atoms. The van der Waals surface area contributed by atoms with E-state index in [0.717, 1.165) is 23.2 Å². The molecule has 0 fully saturated rings. The Morgan fingerprint density at radius 1 is 1.28 bits per heavy atom. The average Bonchev–Trinajstić information content (AvgIpc) is 2.84. The van der Waals surface area contributed by atoms with Crippen LogP contribution in [-0.2, 0) is 9.59 Å². The van der Waals surface area contributed by atoms with Gasteiger partial charge in [-0.1, -0.05) is 40.8 Å². The lowest BCUT2D eigenvalue weighted by Gasteiger charge is -1.99. The summed E-state index contributed by atoms with van der Waals surface area (Å²) in [5.74, 6) is -0.960. The molecule has 1 atom stereocenters. The van der Waals surface area contributed by atoms with Crippen molar-refractivity contribution in [2.75, 3.05) is 5.75 Å². The molecule has 0 spiro atoms. The van der Waals surface area contributed by atoms with Crippen LogP contribution in [0, 0.1) is 0 Å². The Labute approximate surface area is 120 Å². The number of hydrogen-bond donors (Lipinski definition) is 3. The van der Waals surface area contributed by atoms with Crippen molar-refractivity contribution < 1.29 is 19.8 Å². The number of thiol groups is 1. The zero-order chi connectivity index (χ0) is 14.4. The van der Waals surface area contributed by atoms with E-state index in [1.807, 2.05) is 21.6 Å². The third kappa shape index (κ3) is 17.6. The highest BCUT2D eigenvalue weighted by Gasteiger charge is 2.07. The summed E-state index contributed by atoms with van der Waals surface area (Å²) in [6, 6.07) is 0. The lowest BCUT2D eigenvalue weighted by molar-refractivity contribution is -0.132. The third-order valence-corrected chi connectivity index (χ3v) is 3.98. The van der Waals surface area contributed by atoms with E-state index in [9.17, 15) is 9.59 Å². The van der Waals surface area contributed by atoms with Gasteiger partial charge in [0, 0.05) is 17.4 Å². The van der Waals surface area contributed by atoms with Crippen molar-refractivity contribution in [3.8, 4) is 0 Å². The van der Waals surface area contributed by atoms with Gasteiger partial charge in [-0.2, -0.15) is 12.6 Å². The van der Waals surface area contributed by atoms with E-state index in [1.54, 1.807) is 0 Å². The van der Waals surface area contributed by atoms with E-state index in [4.69, 9.17) is 10.2 Å². The summed E-state index contributed by atoms with van der Waals surface area (Å²) >= 11 is 4.14. The first-order valence-electron chi connectivity index (χ1n) is 4.78. The summed E-state index contributed by atoms with van der Waals surface area (Å²) in [6.07, 6.45) is 5.11. The molecular formula is C11H16O4S3. The highest BCUT2D eigenvalue weighted by Crippen LogP contribution is 2.36. The molecule has 102 valence electrons. The molecule has 4 nitrogen and oxygen atoms in total. The highest BCUT2D eigenvalue weighted by molar-refractivity contribution is 8.78. The topological polar surface area (TPSA) is 74.6 Å². The molecule has 0 aromatic rings. The van der Waals surface area contributed by atoms with Gasteiger partial charge in [-0.25, -0.2) is 9.59 Å². The van der Waals surface area contributed by atoms with Crippen LogP contribution in [0.1, 0.15) is 6.42 Å². The van der Waals surface area contributed by atoms with Gasteiger partial charge in [0.25, 0.3) is 0 Å². The molecule has 2 N–H and O–H groups in total. The minimum atomic E-state index is -0.981. The Kier molecular flexibility index (Phi) is 15.5. The molecule has 18 heavy (non-hydrogen) atoms. The van der Waals surface area contributed by atoms with Crippen molar-refractivity contribution in [3.05, 3.63) is 36.8 Å². The first-order valence-corrected chi connectivity index (χ1v) is 7.69. The van der Waals surface area contributed by atoms with E-state index in [-0.39, 0.29) is 0 Å². The average molecular weight is 308 g/mol. The predicted octanol–water partition coefficient (Wildman–Crippen LogP) is 3.10. The fourth-order valence-corrected chi connectivity index (χ4v) is 3.19. The van der Waals surface area contributed by atoms with Gasteiger partial charge in [-0.05, 0) is 17.6 Å². The zero-order valence-electron chi connectivity index (χ0n) is 9.69. The largest absolute Gasteiger partial charge is 0.478 e. The van der Waals surface area contributed by atoms with Gasteiger partial charge in [0.1, 0.15) is 0 Å². The summed E-state index contributed by atoms with van der Waals surface area (Å²) < 4.78 is 0. The van der Waals surface area contributed by atoms with E-state index in [0.29, 0.717) is 0 Å². The Bertz CT molecular complexity index is 285. The molecule has 0 amide bonds. The van der Waals surface area contributed by atoms with Crippen LogP contribution < -0.4 is 0 Å². The van der Waals surface area contributed by atoms with Crippen molar-refractivity contribution >= 4 is 46.2 Å². The SMILES string of the molecule is C=CC(=O)O.C=CC(=O)O.SCCC1C=CSS1. The molecule has 1 rings (SSSR count). The Hall–Kier alpha value is -0.790. The lowest BCUT2D eigenvalue weighted by atomic mass is 10.3. The summed E-state index contributed by atoms with van der Waals surface area (Å²) in [5.41, 5.74) is 0. The van der Waals surface area contributed by atoms with Crippen molar-refractivity contribution in [2.45, 2.75) is 11.7 Å². The monoisotopic (exact) mass is 308 g/mol. The second-order valence-electron chi connectivity index (χ2n) is 2.66. The van der Waals surface area contributed by atoms with Crippen LogP contribution in [-0.4, -0.2) is 33.2 Å². The van der Waals surface area contributed by atoms with Crippen LogP contribution in [0.4, 0.5) is 0 Å². The summed E-state index contributed by atoms with van der Waals surface area (Å²) in [4.78, 5) is 18.5. The van der Waals surface area contributed by atoms with E-state index in [1.165, 1.54) is 6.42 Å². The molecule has 0 saturated heterocycles. The van der Waals surface area contributed by atoms with Crippen molar-refractivity contribution in [3.63, 3.8) is 0 Å². The molecule has 0 aliphatic carbocycles. The quantitative estimate of drug-likeness (QED) is 0.421. The van der Waals surface area contributed by atoms with E-state index in [2.05, 4.69) is 37.3 Å². The second-order valence-corrected chi connectivity index (χ2v) is 5.52. The smallest absolute Gasteiger partial charge is 0.327 e. The van der Waals surface area contributed by atoms with Crippen LogP contribution in [0.2, 0.25) is 0 Å². The Morgan fingerprint density at radius 3 is 1.94 bits per heavy atom. The Balaban J connectivity index is 0. The molecule has 1 aliphatic heterocycles. The molecule has 7 heteroatoms. The summed E-state index contributed by atoms with van der Waals surface area (Å²) in [5, 5.41) is 18.1. The molecule has 0 aromatic heterocycles. The molecular weight excluding hydrogens is 292 g/mol. The maximum absolute atomic E-state index is 9.25. The van der Waals surface area contributed by atoms with Gasteiger partial charge in [-0.15, -0.1) is 0 Å². The fraction of sp³-hybridized carbons (Fsp3) is 0.273. The lowest BCUT2D eigenvalue weighted by Crippen LogP contribution is -1.92. The summed E-state index contributed by atoms with van der Waals surface area (Å²) in [7, 11) is 3.75. The first kappa shape index (κ1) is 19.5. The molecule has 1 unspecified atom stereocenters. The molecule has 0 radical (unpaired) electrons. The van der Waals surface area contributed by atoms with Crippen molar-refractivity contribution in [2.24, 2.45) is 0 Å². The van der Waals surface area contributed by atoms with Crippen LogP contribution >= 0.6 is 34.2 Å². The number of aliphatic carboxylic acids is 2. The number of carbonyl (C=O) groups is 2. The van der Waals surface area contributed by atoms with Crippen molar-refractivity contribution in [1.82, 2.24) is 0 Å². The van der Waals surface area contributed by atoms with Crippen LogP contribution in [0.5, 0.6) is 0 Å². The predicted molar refractivity (Wildman–Crippen MR) is 82.2 cm³/mol. The van der Waals surface area contributed by atoms with Gasteiger partial charge in [0.15, 0.2) is 0 Å². The first-order chi connectivity index (χ1) is 8.47. The highest BCUT2D eigenvalue weighted by atomic mass is 33.1. The van der Waals surface area contributed by atoms with E-state index >= 15 is 0 Å².